The van der Waals surface area contributed by atoms with Crippen molar-refractivity contribution in [1.29, 1.82) is 0 Å². The Morgan fingerprint density at radius 2 is 2.10 bits per heavy atom. The van der Waals surface area contributed by atoms with Crippen molar-refractivity contribution in [2.75, 3.05) is 13.2 Å². The monoisotopic (exact) mass is 412 g/mol. The van der Waals surface area contributed by atoms with Gasteiger partial charge in [-0.1, -0.05) is 18.2 Å². The maximum atomic E-state index is 13.4. The van der Waals surface area contributed by atoms with Gasteiger partial charge in [0.05, 0.1) is 31.3 Å². The highest BCUT2D eigenvalue weighted by molar-refractivity contribution is 5.76. The summed E-state index contributed by atoms with van der Waals surface area (Å²) < 4.78 is 14.7. The van der Waals surface area contributed by atoms with Gasteiger partial charge in [0.25, 0.3) is 5.56 Å². The average Bonchev–Trinajstić information content (AvgIpc) is 3.37. The normalized spacial score (nSPS) is 16.3. The lowest BCUT2D eigenvalue weighted by Gasteiger charge is -2.16. The van der Waals surface area contributed by atoms with Gasteiger partial charge in [0.1, 0.15) is 6.54 Å². The van der Waals surface area contributed by atoms with E-state index >= 15 is 0 Å². The molecule has 1 fully saturated rings. The Bertz CT molecular complexity index is 1200. The van der Waals surface area contributed by atoms with Crippen molar-refractivity contribution in [1.82, 2.24) is 18.7 Å². The van der Waals surface area contributed by atoms with Crippen LogP contribution in [0.25, 0.3) is 16.9 Å². The van der Waals surface area contributed by atoms with E-state index in [4.69, 9.17) is 9.47 Å². The Kier molecular flexibility index (Phi) is 5.54. The van der Waals surface area contributed by atoms with E-state index in [0.717, 1.165) is 18.4 Å². The van der Waals surface area contributed by atoms with Crippen molar-refractivity contribution in [2.45, 2.75) is 45.9 Å². The van der Waals surface area contributed by atoms with Crippen molar-refractivity contribution in [3.8, 4) is 5.69 Å². The van der Waals surface area contributed by atoms with Gasteiger partial charge in [-0.05, 0) is 38.3 Å². The van der Waals surface area contributed by atoms with Crippen LogP contribution >= 0.6 is 0 Å². The first-order valence-electron chi connectivity index (χ1n) is 10.0. The molecule has 0 aliphatic carbocycles. The van der Waals surface area contributed by atoms with E-state index in [9.17, 15) is 14.4 Å². The van der Waals surface area contributed by atoms with Gasteiger partial charge in [-0.2, -0.15) is 0 Å². The molecule has 0 bridgehead atoms. The summed E-state index contributed by atoms with van der Waals surface area (Å²) in [4.78, 5) is 43.1. The molecular weight excluding hydrogens is 388 g/mol. The van der Waals surface area contributed by atoms with Crippen LogP contribution in [-0.2, 0) is 27.4 Å². The van der Waals surface area contributed by atoms with Crippen LogP contribution < -0.4 is 11.2 Å². The number of imidazole rings is 1. The number of aromatic nitrogens is 4. The summed E-state index contributed by atoms with van der Waals surface area (Å²) in [6, 6.07) is 7.40. The zero-order valence-corrected chi connectivity index (χ0v) is 17.0. The third-order valence-electron chi connectivity index (χ3n) is 5.27. The lowest BCUT2D eigenvalue weighted by atomic mass is 10.2. The zero-order valence-electron chi connectivity index (χ0n) is 17.0. The molecule has 1 aliphatic heterocycles. The first-order valence-corrected chi connectivity index (χ1v) is 10.0. The number of carbonyl (C=O) groups is 1. The molecular formula is C21H24N4O5. The minimum Gasteiger partial charge on any atom is -0.465 e. The molecule has 1 unspecified atom stereocenters. The van der Waals surface area contributed by atoms with E-state index in [1.807, 2.05) is 25.1 Å². The van der Waals surface area contributed by atoms with Gasteiger partial charge in [0, 0.05) is 6.61 Å². The molecule has 1 atom stereocenters. The second-order valence-electron chi connectivity index (χ2n) is 7.30. The van der Waals surface area contributed by atoms with E-state index in [0.29, 0.717) is 12.3 Å². The molecule has 1 saturated heterocycles. The maximum absolute atomic E-state index is 13.4. The number of nitrogens with zero attached hydrogens (tertiary/aromatic N) is 4. The van der Waals surface area contributed by atoms with Gasteiger partial charge in [-0.25, -0.2) is 14.3 Å². The number of para-hydroxylation sites is 1. The second-order valence-corrected chi connectivity index (χ2v) is 7.30. The number of fused-ring (bicyclic) bond motifs is 1. The standard InChI is InChI=1S/C21H24N4O5/c1-3-29-17(26)12-23-13-22-19-18(23)20(27)24(11-15-8-6-10-30-15)21(28)25(19)16-9-5-4-7-14(16)2/h4-5,7,9,13,15H,3,6,8,10-12H2,1-2H3. The summed E-state index contributed by atoms with van der Waals surface area (Å²) in [5.74, 6) is -0.476. The maximum Gasteiger partial charge on any atom is 0.337 e. The molecule has 0 spiro atoms. The molecule has 30 heavy (non-hydrogen) atoms. The van der Waals surface area contributed by atoms with E-state index in [1.165, 1.54) is 20.0 Å². The second kappa shape index (κ2) is 8.27. The smallest absolute Gasteiger partial charge is 0.337 e. The zero-order chi connectivity index (χ0) is 21.3. The Hall–Kier alpha value is -3.20. The Labute approximate surface area is 172 Å². The van der Waals surface area contributed by atoms with Crippen molar-refractivity contribution in [3.63, 3.8) is 0 Å². The minimum absolute atomic E-state index is 0.157. The highest BCUT2D eigenvalue weighted by Gasteiger charge is 2.24. The van der Waals surface area contributed by atoms with Crippen LogP contribution in [0.5, 0.6) is 0 Å². The summed E-state index contributed by atoms with van der Waals surface area (Å²) in [6.07, 6.45) is 2.89. The van der Waals surface area contributed by atoms with E-state index in [2.05, 4.69) is 4.98 Å². The quantitative estimate of drug-likeness (QED) is 0.568. The lowest BCUT2D eigenvalue weighted by molar-refractivity contribution is -0.143. The lowest BCUT2D eigenvalue weighted by Crippen LogP contribution is -2.42. The molecule has 0 amide bonds. The molecule has 1 aliphatic rings. The summed E-state index contributed by atoms with van der Waals surface area (Å²) in [7, 11) is 0. The Balaban J connectivity index is 1.96. The molecule has 0 N–H and O–H groups in total. The van der Waals surface area contributed by atoms with Gasteiger partial charge in [-0.3, -0.25) is 14.2 Å². The van der Waals surface area contributed by atoms with Gasteiger partial charge >= 0.3 is 11.7 Å². The molecule has 3 heterocycles. The number of esters is 1. The van der Waals surface area contributed by atoms with Gasteiger partial charge in [0.15, 0.2) is 11.2 Å². The fraction of sp³-hybridized carbons (Fsp3) is 0.429. The van der Waals surface area contributed by atoms with E-state index in [-0.39, 0.29) is 37.0 Å². The third-order valence-corrected chi connectivity index (χ3v) is 5.27. The van der Waals surface area contributed by atoms with Crippen LogP contribution in [0, 0.1) is 6.92 Å². The van der Waals surface area contributed by atoms with Crippen molar-refractivity contribution >= 4 is 17.1 Å². The fourth-order valence-electron chi connectivity index (χ4n) is 3.83. The van der Waals surface area contributed by atoms with Gasteiger partial charge in [-0.15, -0.1) is 0 Å². The van der Waals surface area contributed by atoms with Gasteiger partial charge < -0.3 is 14.0 Å². The van der Waals surface area contributed by atoms with Crippen LogP contribution in [0.3, 0.4) is 0 Å². The molecule has 0 radical (unpaired) electrons. The largest absolute Gasteiger partial charge is 0.465 e. The summed E-state index contributed by atoms with van der Waals surface area (Å²) in [5.41, 5.74) is 0.935. The fourth-order valence-corrected chi connectivity index (χ4v) is 3.83. The third kappa shape index (κ3) is 3.56. The SMILES string of the molecule is CCOC(=O)Cn1cnc2c1c(=O)n(CC1CCCO1)c(=O)n2-c1ccccc1C. The minimum atomic E-state index is -0.489. The van der Waals surface area contributed by atoms with E-state index < -0.39 is 17.2 Å². The Morgan fingerprint density at radius 3 is 2.80 bits per heavy atom. The summed E-state index contributed by atoms with van der Waals surface area (Å²) >= 11 is 0. The molecule has 9 heteroatoms. The molecule has 9 nitrogen and oxygen atoms in total. The number of rotatable bonds is 6. The number of aryl methyl sites for hydroxylation is 1. The predicted molar refractivity (Wildman–Crippen MR) is 110 cm³/mol. The summed E-state index contributed by atoms with van der Waals surface area (Å²) in [5, 5.41) is 0. The van der Waals surface area contributed by atoms with Crippen molar-refractivity contribution in [3.05, 3.63) is 57.0 Å². The number of carbonyl (C=O) groups excluding carboxylic acids is 1. The number of hydrogen-bond acceptors (Lipinski definition) is 6. The first kappa shape index (κ1) is 20.1. The van der Waals surface area contributed by atoms with Crippen LogP contribution in [0.2, 0.25) is 0 Å². The number of benzene rings is 1. The van der Waals surface area contributed by atoms with Crippen LogP contribution in [0.1, 0.15) is 25.3 Å². The van der Waals surface area contributed by atoms with Gasteiger partial charge in [0.2, 0.25) is 0 Å². The molecule has 2 aromatic heterocycles. The van der Waals surface area contributed by atoms with Crippen molar-refractivity contribution in [2.24, 2.45) is 0 Å². The highest BCUT2D eigenvalue weighted by Crippen LogP contribution is 2.18. The topological polar surface area (TPSA) is 97.4 Å². The molecule has 4 rings (SSSR count). The van der Waals surface area contributed by atoms with Crippen LogP contribution in [0.4, 0.5) is 0 Å². The molecule has 1 aromatic carbocycles. The number of ether oxygens (including phenoxy) is 2. The number of hydrogen-bond donors (Lipinski definition) is 0. The van der Waals surface area contributed by atoms with Crippen LogP contribution in [0.15, 0.2) is 40.2 Å². The van der Waals surface area contributed by atoms with Crippen LogP contribution in [-0.4, -0.2) is 44.0 Å². The van der Waals surface area contributed by atoms with E-state index in [1.54, 1.807) is 13.0 Å². The van der Waals surface area contributed by atoms with Crippen molar-refractivity contribution < 1.29 is 14.3 Å². The summed E-state index contributed by atoms with van der Waals surface area (Å²) in [6.45, 7) is 4.46. The average molecular weight is 412 g/mol. The predicted octanol–water partition coefficient (Wildman–Crippen LogP) is 1.40. The molecule has 3 aromatic rings. The molecule has 0 saturated carbocycles. The highest BCUT2D eigenvalue weighted by atomic mass is 16.5. The Morgan fingerprint density at radius 1 is 1.30 bits per heavy atom. The first-order chi connectivity index (χ1) is 14.5. The molecule has 158 valence electrons.